The Morgan fingerprint density at radius 1 is 1.03 bits per heavy atom. The maximum absolute atomic E-state index is 13.4. The van der Waals surface area contributed by atoms with Gasteiger partial charge in [-0.05, 0) is 50.1 Å². The number of carbonyl (C=O) groups excluding carboxylic acids is 3. The van der Waals surface area contributed by atoms with Crippen molar-refractivity contribution >= 4 is 17.7 Å². The molecule has 5 nitrogen and oxygen atoms in total. The second-order valence-corrected chi connectivity index (χ2v) is 7.27. The van der Waals surface area contributed by atoms with Gasteiger partial charge in [-0.3, -0.25) is 19.3 Å². The number of halogens is 2. The number of hydrogen-bond donors (Lipinski definition) is 0. The number of carbonyl (C=O) groups is 3. The van der Waals surface area contributed by atoms with Crippen LogP contribution in [0.2, 0.25) is 0 Å². The lowest BCUT2D eigenvalue weighted by Gasteiger charge is -2.26. The fraction of sp³-hybridized carbons (Fsp3) is 0.318. The molecule has 29 heavy (non-hydrogen) atoms. The quantitative estimate of drug-likeness (QED) is 0.692. The van der Waals surface area contributed by atoms with E-state index < -0.39 is 17.7 Å². The molecule has 0 bridgehead atoms. The summed E-state index contributed by atoms with van der Waals surface area (Å²) in [5.74, 6) is -2.80. The fourth-order valence-corrected chi connectivity index (χ4v) is 3.38. The maximum atomic E-state index is 13.4. The molecule has 1 atom stereocenters. The van der Waals surface area contributed by atoms with Crippen molar-refractivity contribution < 1.29 is 23.2 Å². The number of rotatable bonds is 6. The van der Waals surface area contributed by atoms with Crippen molar-refractivity contribution in [3.05, 3.63) is 70.3 Å². The number of aryl methyl sites for hydroxylation is 1. The molecule has 0 spiro atoms. The highest BCUT2D eigenvalue weighted by atomic mass is 19.2. The minimum absolute atomic E-state index is 0.122. The largest absolute Gasteiger partial charge is 0.339 e. The predicted octanol–water partition coefficient (Wildman–Crippen LogP) is 3.87. The molecule has 3 amide bonds. The summed E-state index contributed by atoms with van der Waals surface area (Å²) in [4.78, 5) is 40.0. The summed E-state index contributed by atoms with van der Waals surface area (Å²) in [5.41, 5.74) is 2.16. The van der Waals surface area contributed by atoms with E-state index in [1.54, 1.807) is 32.2 Å². The van der Waals surface area contributed by atoms with Gasteiger partial charge in [-0.15, -0.1) is 0 Å². The average Bonchev–Trinajstić information content (AvgIpc) is 2.93. The smallest absolute Gasteiger partial charge is 0.261 e. The molecule has 1 heterocycles. The van der Waals surface area contributed by atoms with Gasteiger partial charge in [0.1, 0.15) is 0 Å². The zero-order valence-corrected chi connectivity index (χ0v) is 16.5. The third-order valence-corrected chi connectivity index (χ3v) is 5.30. The summed E-state index contributed by atoms with van der Waals surface area (Å²) >= 11 is 0. The van der Waals surface area contributed by atoms with E-state index >= 15 is 0 Å². The predicted molar refractivity (Wildman–Crippen MR) is 103 cm³/mol. The molecule has 0 fully saturated rings. The topological polar surface area (TPSA) is 57.7 Å². The van der Waals surface area contributed by atoms with Crippen LogP contribution in [0.3, 0.4) is 0 Å². The third kappa shape index (κ3) is 4.04. The lowest BCUT2D eigenvalue weighted by atomic mass is 10.1. The van der Waals surface area contributed by atoms with Crippen molar-refractivity contribution in [3.8, 4) is 0 Å². The second-order valence-electron chi connectivity index (χ2n) is 7.27. The summed E-state index contributed by atoms with van der Waals surface area (Å²) in [5, 5.41) is 0. The van der Waals surface area contributed by atoms with Crippen LogP contribution in [-0.4, -0.2) is 41.1 Å². The van der Waals surface area contributed by atoms with Crippen molar-refractivity contribution in [2.24, 2.45) is 0 Å². The van der Waals surface area contributed by atoms with Crippen LogP contribution in [0.15, 0.2) is 36.4 Å². The van der Waals surface area contributed by atoms with Crippen LogP contribution in [-0.2, 0) is 4.79 Å². The van der Waals surface area contributed by atoms with Crippen LogP contribution < -0.4 is 0 Å². The first-order valence-electron chi connectivity index (χ1n) is 9.38. The van der Waals surface area contributed by atoms with Gasteiger partial charge in [-0.1, -0.05) is 17.7 Å². The molecular weight excluding hydrogens is 378 g/mol. The zero-order chi connectivity index (χ0) is 21.3. The summed E-state index contributed by atoms with van der Waals surface area (Å²) < 4.78 is 26.5. The van der Waals surface area contributed by atoms with Gasteiger partial charge >= 0.3 is 0 Å². The zero-order valence-electron chi connectivity index (χ0n) is 16.5. The fourth-order valence-electron chi connectivity index (χ4n) is 3.38. The van der Waals surface area contributed by atoms with E-state index in [2.05, 4.69) is 0 Å². The molecule has 1 unspecified atom stereocenters. The van der Waals surface area contributed by atoms with Crippen LogP contribution in [0.5, 0.6) is 0 Å². The van der Waals surface area contributed by atoms with Gasteiger partial charge in [0.2, 0.25) is 5.91 Å². The molecule has 152 valence electrons. The van der Waals surface area contributed by atoms with Crippen molar-refractivity contribution in [2.75, 3.05) is 13.6 Å². The first-order valence-corrected chi connectivity index (χ1v) is 9.38. The van der Waals surface area contributed by atoms with Crippen LogP contribution in [0.1, 0.15) is 57.7 Å². The third-order valence-electron chi connectivity index (χ3n) is 5.30. The van der Waals surface area contributed by atoms with E-state index in [9.17, 15) is 23.2 Å². The van der Waals surface area contributed by atoms with Gasteiger partial charge in [0.05, 0.1) is 17.2 Å². The van der Waals surface area contributed by atoms with Gasteiger partial charge in [0.25, 0.3) is 11.8 Å². The Bertz CT molecular complexity index is 990. The van der Waals surface area contributed by atoms with Crippen molar-refractivity contribution in [1.82, 2.24) is 9.80 Å². The lowest BCUT2D eigenvalue weighted by Crippen LogP contribution is -2.33. The molecule has 0 saturated heterocycles. The Morgan fingerprint density at radius 3 is 2.41 bits per heavy atom. The average molecular weight is 400 g/mol. The Labute approximate surface area is 167 Å². The second kappa shape index (κ2) is 8.11. The van der Waals surface area contributed by atoms with Gasteiger partial charge in [0.15, 0.2) is 11.6 Å². The number of nitrogens with zero attached hydrogens (tertiary/aromatic N) is 2. The monoisotopic (exact) mass is 400 g/mol. The van der Waals surface area contributed by atoms with Crippen LogP contribution in [0, 0.1) is 18.6 Å². The highest BCUT2D eigenvalue weighted by Gasteiger charge is 2.35. The standard InChI is InChI=1S/C22H22F2N2O3/c1-13-6-8-16-17(11-13)22(29)26(21(16)28)10-4-5-20(27)25(3)14(2)15-7-9-18(23)19(24)12-15/h6-9,11-12,14H,4-5,10H2,1-3H3. The molecule has 0 aromatic heterocycles. The summed E-state index contributed by atoms with van der Waals surface area (Å²) in [6.07, 6.45) is 0.440. The highest BCUT2D eigenvalue weighted by Crippen LogP contribution is 2.25. The van der Waals surface area contributed by atoms with Crippen molar-refractivity contribution in [1.29, 1.82) is 0 Å². The van der Waals surface area contributed by atoms with E-state index in [-0.39, 0.29) is 30.7 Å². The number of amides is 3. The molecule has 2 aromatic rings. The van der Waals surface area contributed by atoms with Crippen LogP contribution in [0.4, 0.5) is 8.78 Å². The number of benzene rings is 2. The van der Waals surface area contributed by atoms with E-state index in [1.807, 2.05) is 6.92 Å². The van der Waals surface area contributed by atoms with Crippen molar-refractivity contribution in [3.63, 3.8) is 0 Å². The van der Waals surface area contributed by atoms with Gasteiger partial charge in [-0.2, -0.15) is 0 Å². The highest BCUT2D eigenvalue weighted by molar-refractivity contribution is 6.21. The first kappa shape index (κ1) is 20.6. The minimum atomic E-state index is -0.962. The molecule has 0 radical (unpaired) electrons. The van der Waals surface area contributed by atoms with Gasteiger partial charge in [0, 0.05) is 20.0 Å². The molecule has 1 aliphatic rings. The SMILES string of the molecule is Cc1ccc2c(c1)C(=O)N(CCCC(=O)N(C)C(C)c1ccc(F)c(F)c1)C2=O. The summed E-state index contributed by atoms with van der Waals surface area (Å²) in [6, 6.07) is 8.22. The normalized spacial score (nSPS) is 14.2. The van der Waals surface area contributed by atoms with E-state index in [0.29, 0.717) is 23.1 Å². The van der Waals surface area contributed by atoms with Crippen LogP contribution >= 0.6 is 0 Å². The molecule has 0 N–H and O–H groups in total. The summed E-state index contributed by atoms with van der Waals surface area (Å²) in [7, 11) is 1.58. The number of fused-ring (bicyclic) bond motifs is 1. The minimum Gasteiger partial charge on any atom is -0.339 e. The molecule has 1 aliphatic heterocycles. The molecule has 0 aliphatic carbocycles. The first-order chi connectivity index (χ1) is 13.7. The number of imide groups is 1. The molecule has 3 rings (SSSR count). The molecular formula is C22H22F2N2O3. The van der Waals surface area contributed by atoms with Gasteiger partial charge in [-0.25, -0.2) is 8.78 Å². The Hall–Kier alpha value is -3.09. The lowest BCUT2D eigenvalue weighted by molar-refractivity contribution is -0.132. The van der Waals surface area contributed by atoms with Gasteiger partial charge < -0.3 is 4.90 Å². The van der Waals surface area contributed by atoms with E-state index in [1.165, 1.54) is 11.0 Å². The van der Waals surface area contributed by atoms with E-state index in [0.717, 1.165) is 22.6 Å². The molecule has 2 aromatic carbocycles. The van der Waals surface area contributed by atoms with E-state index in [4.69, 9.17) is 0 Å². The summed E-state index contributed by atoms with van der Waals surface area (Å²) in [6.45, 7) is 3.71. The van der Waals surface area contributed by atoms with Crippen LogP contribution in [0.25, 0.3) is 0 Å². The number of hydrogen-bond acceptors (Lipinski definition) is 3. The Kier molecular flexibility index (Phi) is 5.77. The van der Waals surface area contributed by atoms with Crippen molar-refractivity contribution in [2.45, 2.75) is 32.7 Å². The Balaban J connectivity index is 1.57. The maximum Gasteiger partial charge on any atom is 0.261 e. The Morgan fingerprint density at radius 2 is 1.72 bits per heavy atom. The molecule has 0 saturated carbocycles. The molecule has 7 heteroatoms.